The number of nitrogens with zero attached hydrogens (tertiary/aromatic N) is 1. The van der Waals surface area contributed by atoms with Gasteiger partial charge in [-0.15, -0.1) is 0 Å². The van der Waals surface area contributed by atoms with Crippen molar-refractivity contribution in [2.45, 2.75) is 0 Å². The average Bonchev–Trinajstić information content (AvgIpc) is 2.82. The SMILES string of the molecule is COc1ccc2c(-c3ccccc3)n[nH]c2c1. The lowest BCUT2D eigenvalue weighted by molar-refractivity contribution is 0.415. The van der Waals surface area contributed by atoms with Crippen LogP contribution in [0.2, 0.25) is 0 Å². The van der Waals surface area contributed by atoms with Gasteiger partial charge in [-0.1, -0.05) is 30.3 Å². The normalized spacial score (nSPS) is 10.6. The molecule has 0 aliphatic rings. The lowest BCUT2D eigenvalue weighted by Crippen LogP contribution is -1.81. The van der Waals surface area contributed by atoms with Crippen molar-refractivity contribution in [2.24, 2.45) is 0 Å². The Morgan fingerprint density at radius 2 is 1.88 bits per heavy atom. The molecule has 0 aliphatic carbocycles. The Morgan fingerprint density at radius 3 is 2.65 bits per heavy atom. The van der Waals surface area contributed by atoms with E-state index in [0.717, 1.165) is 27.9 Å². The first-order valence-electron chi connectivity index (χ1n) is 5.46. The van der Waals surface area contributed by atoms with E-state index >= 15 is 0 Å². The van der Waals surface area contributed by atoms with Crippen molar-refractivity contribution in [1.82, 2.24) is 10.2 Å². The number of fused-ring (bicyclic) bond motifs is 1. The van der Waals surface area contributed by atoms with Crippen LogP contribution in [-0.2, 0) is 0 Å². The Hall–Kier alpha value is -2.29. The van der Waals surface area contributed by atoms with Crippen molar-refractivity contribution in [3.8, 4) is 17.0 Å². The van der Waals surface area contributed by atoms with Gasteiger partial charge in [-0.05, 0) is 12.1 Å². The highest BCUT2D eigenvalue weighted by Crippen LogP contribution is 2.28. The highest BCUT2D eigenvalue weighted by molar-refractivity contribution is 5.93. The fourth-order valence-corrected chi connectivity index (χ4v) is 1.94. The molecule has 1 N–H and O–H groups in total. The van der Waals surface area contributed by atoms with E-state index in [9.17, 15) is 0 Å². The second kappa shape index (κ2) is 3.94. The molecule has 0 amide bonds. The quantitative estimate of drug-likeness (QED) is 0.725. The summed E-state index contributed by atoms with van der Waals surface area (Å²) in [5.41, 5.74) is 3.08. The van der Waals surface area contributed by atoms with E-state index in [1.165, 1.54) is 0 Å². The van der Waals surface area contributed by atoms with Crippen molar-refractivity contribution in [1.29, 1.82) is 0 Å². The Morgan fingerprint density at radius 1 is 1.06 bits per heavy atom. The summed E-state index contributed by atoms with van der Waals surface area (Å²) in [6.45, 7) is 0. The number of aromatic amines is 1. The number of nitrogens with one attached hydrogen (secondary N) is 1. The molecule has 2 aromatic carbocycles. The molecule has 1 aromatic heterocycles. The minimum absolute atomic E-state index is 0.834. The summed E-state index contributed by atoms with van der Waals surface area (Å²) in [4.78, 5) is 0. The number of hydrogen-bond acceptors (Lipinski definition) is 2. The molecule has 0 saturated carbocycles. The van der Waals surface area contributed by atoms with Crippen LogP contribution < -0.4 is 4.74 Å². The van der Waals surface area contributed by atoms with Crippen LogP contribution in [0, 0.1) is 0 Å². The Kier molecular flexibility index (Phi) is 2.29. The van der Waals surface area contributed by atoms with Crippen LogP contribution in [-0.4, -0.2) is 17.3 Å². The molecule has 0 unspecified atom stereocenters. The fraction of sp³-hybridized carbons (Fsp3) is 0.0714. The van der Waals surface area contributed by atoms with Crippen molar-refractivity contribution in [3.05, 3.63) is 48.5 Å². The lowest BCUT2D eigenvalue weighted by Gasteiger charge is -1.99. The molecule has 3 aromatic rings. The first-order valence-corrected chi connectivity index (χ1v) is 5.46. The van der Waals surface area contributed by atoms with Gasteiger partial charge >= 0.3 is 0 Å². The van der Waals surface area contributed by atoms with Crippen molar-refractivity contribution in [2.75, 3.05) is 7.11 Å². The van der Waals surface area contributed by atoms with Crippen LogP contribution in [0.1, 0.15) is 0 Å². The molecule has 1 heterocycles. The zero-order chi connectivity index (χ0) is 11.7. The number of aromatic nitrogens is 2. The summed E-state index contributed by atoms with van der Waals surface area (Å²) in [5.74, 6) is 0.834. The maximum absolute atomic E-state index is 5.19. The van der Waals surface area contributed by atoms with Crippen molar-refractivity contribution >= 4 is 10.9 Å². The number of rotatable bonds is 2. The molecule has 0 radical (unpaired) electrons. The zero-order valence-electron chi connectivity index (χ0n) is 9.47. The van der Waals surface area contributed by atoms with Gasteiger partial charge in [-0.25, -0.2) is 0 Å². The molecule has 0 spiro atoms. The van der Waals surface area contributed by atoms with Crippen LogP contribution in [0.15, 0.2) is 48.5 Å². The van der Waals surface area contributed by atoms with Crippen molar-refractivity contribution < 1.29 is 4.74 Å². The maximum Gasteiger partial charge on any atom is 0.121 e. The van der Waals surface area contributed by atoms with Gasteiger partial charge in [-0.2, -0.15) is 5.10 Å². The molecule has 17 heavy (non-hydrogen) atoms. The highest BCUT2D eigenvalue weighted by Gasteiger charge is 2.07. The first-order chi connectivity index (χ1) is 8.38. The molecule has 3 rings (SSSR count). The Balaban J connectivity index is 2.19. The summed E-state index contributed by atoms with van der Waals surface area (Å²) in [7, 11) is 1.66. The molecule has 0 bridgehead atoms. The van der Waals surface area contributed by atoms with E-state index in [2.05, 4.69) is 22.3 Å². The third-order valence-electron chi connectivity index (χ3n) is 2.82. The van der Waals surface area contributed by atoms with Crippen molar-refractivity contribution in [3.63, 3.8) is 0 Å². The minimum Gasteiger partial charge on any atom is -0.497 e. The van der Waals surface area contributed by atoms with Gasteiger partial charge < -0.3 is 4.74 Å². The molecule has 0 saturated heterocycles. The van der Waals surface area contributed by atoms with Gasteiger partial charge in [0.15, 0.2) is 0 Å². The smallest absolute Gasteiger partial charge is 0.121 e. The van der Waals surface area contributed by atoms with Gasteiger partial charge in [0.05, 0.1) is 18.3 Å². The van der Waals surface area contributed by atoms with E-state index in [1.54, 1.807) is 7.11 Å². The molecule has 3 heteroatoms. The van der Waals surface area contributed by atoms with E-state index in [1.807, 2.05) is 36.4 Å². The number of hydrogen-bond donors (Lipinski definition) is 1. The molecule has 0 aliphatic heterocycles. The monoisotopic (exact) mass is 224 g/mol. The standard InChI is InChI=1S/C14H12N2O/c1-17-11-7-8-12-13(9-11)15-16-14(12)10-5-3-2-4-6-10/h2-9H,1H3,(H,15,16). The van der Waals surface area contributed by atoms with E-state index in [4.69, 9.17) is 4.74 Å². The maximum atomic E-state index is 5.19. The van der Waals surface area contributed by atoms with E-state index < -0.39 is 0 Å². The fourth-order valence-electron chi connectivity index (χ4n) is 1.94. The van der Waals surface area contributed by atoms with Crippen LogP contribution >= 0.6 is 0 Å². The van der Waals surface area contributed by atoms with Gasteiger partial charge in [0.1, 0.15) is 5.75 Å². The largest absolute Gasteiger partial charge is 0.497 e. The third-order valence-corrected chi connectivity index (χ3v) is 2.82. The number of H-pyrrole nitrogens is 1. The van der Waals surface area contributed by atoms with Crippen LogP contribution in [0.5, 0.6) is 5.75 Å². The first kappa shape index (κ1) is 9.90. The summed E-state index contributed by atoms with van der Waals surface area (Å²) in [6, 6.07) is 16.1. The molecular formula is C14H12N2O. The molecule has 0 fully saturated rings. The minimum atomic E-state index is 0.834. The molecular weight excluding hydrogens is 212 g/mol. The highest BCUT2D eigenvalue weighted by atomic mass is 16.5. The van der Waals surface area contributed by atoms with Gasteiger partial charge in [0.2, 0.25) is 0 Å². The van der Waals surface area contributed by atoms with Crippen LogP contribution in [0.25, 0.3) is 22.2 Å². The summed E-state index contributed by atoms with van der Waals surface area (Å²) in [5, 5.41) is 8.50. The summed E-state index contributed by atoms with van der Waals surface area (Å²) < 4.78 is 5.19. The summed E-state index contributed by atoms with van der Waals surface area (Å²) >= 11 is 0. The predicted molar refractivity (Wildman–Crippen MR) is 68.1 cm³/mol. The Labute approximate surface area is 99.0 Å². The van der Waals surface area contributed by atoms with E-state index in [-0.39, 0.29) is 0 Å². The average molecular weight is 224 g/mol. The number of methoxy groups -OCH3 is 1. The van der Waals surface area contributed by atoms with Crippen LogP contribution in [0.3, 0.4) is 0 Å². The second-order valence-corrected chi connectivity index (χ2v) is 3.85. The number of ether oxygens (including phenoxy) is 1. The molecule has 84 valence electrons. The predicted octanol–water partition coefficient (Wildman–Crippen LogP) is 3.24. The third kappa shape index (κ3) is 1.65. The van der Waals surface area contributed by atoms with Gasteiger partial charge in [0, 0.05) is 17.0 Å². The van der Waals surface area contributed by atoms with Gasteiger partial charge in [-0.3, -0.25) is 5.10 Å². The zero-order valence-corrected chi connectivity index (χ0v) is 9.47. The van der Waals surface area contributed by atoms with E-state index in [0.29, 0.717) is 0 Å². The topological polar surface area (TPSA) is 37.9 Å². The molecule has 3 nitrogen and oxygen atoms in total. The summed E-state index contributed by atoms with van der Waals surface area (Å²) in [6.07, 6.45) is 0. The van der Waals surface area contributed by atoms with Gasteiger partial charge in [0.25, 0.3) is 0 Å². The number of benzene rings is 2. The Bertz CT molecular complexity index is 644. The lowest BCUT2D eigenvalue weighted by atomic mass is 10.1. The second-order valence-electron chi connectivity index (χ2n) is 3.85. The van der Waals surface area contributed by atoms with Crippen LogP contribution in [0.4, 0.5) is 0 Å². The molecule has 0 atom stereocenters.